The Labute approximate surface area is 147 Å². The van der Waals surface area contributed by atoms with Crippen LogP contribution in [0.15, 0.2) is 11.3 Å². The van der Waals surface area contributed by atoms with Gasteiger partial charge in [-0.2, -0.15) is 0 Å². The molecule has 0 saturated carbocycles. The van der Waals surface area contributed by atoms with Crippen molar-refractivity contribution >= 4 is 29.9 Å². The van der Waals surface area contributed by atoms with Gasteiger partial charge in [0.15, 0.2) is 0 Å². The number of nitrogens with two attached hydrogens (primary N) is 1. The van der Waals surface area contributed by atoms with Crippen LogP contribution in [0.3, 0.4) is 0 Å². The number of piperidine rings is 1. The Bertz CT molecular complexity index is 761. The van der Waals surface area contributed by atoms with E-state index in [1.807, 2.05) is 0 Å². The van der Waals surface area contributed by atoms with Crippen molar-refractivity contribution in [3.8, 4) is 0 Å². The number of nitrogens with zero attached hydrogens (tertiary/aromatic N) is 3. The predicted molar refractivity (Wildman–Crippen MR) is 83.3 cm³/mol. The van der Waals surface area contributed by atoms with Gasteiger partial charge in [-0.05, 0) is 6.42 Å². The van der Waals surface area contributed by atoms with Crippen LogP contribution >= 0.6 is 0 Å². The molecule has 0 radical (unpaired) electrons. The van der Waals surface area contributed by atoms with E-state index in [9.17, 15) is 29.1 Å². The number of aliphatic carboxylic acids is 1. The molecule has 0 aromatic heterocycles. The Morgan fingerprint density at radius 1 is 1.35 bits per heavy atom. The first-order valence-corrected chi connectivity index (χ1v) is 7.93. The maximum absolute atomic E-state index is 12.4. The average Bonchev–Trinajstić information content (AvgIpc) is 2.90. The molecular formula is C15H18N4O7. The van der Waals surface area contributed by atoms with Crippen LogP contribution in [0.1, 0.15) is 13.3 Å². The number of carboxylic acids is 1. The van der Waals surface area contributed by atoms with Crippen molar-refractivity contribution in [1.29, 1.82) is 0 Å². The van der Waals surface area contributed by atoms with Gasteiger partial charge >= 0.3 is 18.1 Å². The summed E-state index contributed by atoms with van der Waals surface area (Å²) < 4.78 is 5.00. The first kappa shape index (κ1) is 17.7. The van der Waals surface area contributed by atoms with Crippen molar-refractivity contribution < 1.29 is 33.8 Å². The number of carbonyl (C=O) groups is 5. The molecule has 5 amide bonds. The number of hydrogen-bond acceptors (Lipinski definition) is 6. The molecule has 3 aliphatic rings. The number of primary amides is 1. The fourth-order valence-electron chi connectivity index (χ4n) is 3.87. The molecule has 26 heavy (non-hydrogen) atoms. The van der Waals surface area contributed by atoms with E-state index in [4.69, 9.17) is 10.5 Å². The van der Waals surface area contributed by atoms with Gasteiger partial charge in [0.1, 0.15) is 18.3 Å². The Kier molecular flexibility index (Phi) is 4.09. The fraction of sp³-hybridized carbons (Fsp3) is 0.533. The van der Waals surface area contributed by atoms with Gasteiger partial charge in [-0.1, -0.05) is 0 Å². The lowest BCUT2D eigenvalue weighted by molar-refractivity contribution is -0.168. The smallest absolute Gasteiger partial charge is 0.418 e. The minimum absolute atomic E-state index is 0.221. The van der Waals surface area contributed by atoms with Crippen LogP contribution in [0, 0.1) is 5.92 Å². The molecule has 0 aromatic rings. The molecule has 0 spiro atoms. The fourth-order valence-corrected chi connectivity index (χ4v) is 3.87. The number of imide groups is 1. The summed E-state index contributed by atoms with van der Waals surface area (Å²) in [5.41, 5.74) is 5.06. The summed E-state index contributed by atoms with van der Waals surface area (Å²) in [5.74, 6) is -2.34. The number of amides is 5. The SMILES string of the molecule is CC(=O)N1CCC2C(COC(=O)N(C)C(N)=O)=C(C(=O)O)N3C(=O)[C@@H]1[C@@H]23. The van der Waals surface area contributed by atoms with Crippen molar-refractivity contribution in [2.75, 3.05) is 20.2 Å². The highest BCUT2D eigenvalue weighted by molar-refractivity contribution is 6.03. The summed E-state index contributed by atoms with van der Waals surface area (Å²) in [6.07, 6.45) is -0.576. The minimum Gasteiger partial charge on any atom is -0.477 e. The molecule has 11 nitrogen and oxygen atoms in total. The number of β-lactam (4-membered cyclic amide) rings is 1. The van der Waals surface area contributed by atoms with Gasteiger partial charge in [-0.3, -0.25) is 14.5 Å². The lowest BCUT2D eigenvalue weighted by Gasteiger charge is -2.53. The van der Waals surface area contributed by atoms with Crippen LogP contribution in [-0.2, 0) is 19.1 Å². The summed E-state index contributed by atoms with van der Waals surface area (Å²) in [6.45, 7) is 1.29. The van der Waals surface area contributed by atoms with E-state index in [1.165, 1.54) is 11.8 Å². The lowest BCUT2D eigenvalue weighted by atomic mass is 9.78. The maximum atomic E-state index is 12.4. The number of rotatable bonds is 3. The number of carboxylic acid groups (broad SMARTS) is 1. The molecular weight excluding hydrogens is 348 g/mol. The second-order valence-electron chi connectivity index (χ2n) is 6.38. The first-order valence-electron chi connectivity index (χ1n) is 7.93. The number of carbonyl (C=O) groups excluding carboxylic acids is 4. The number of hydrogen-bond donors (Lipinski definition) is 2. The summed E-state index contributed by atoms with van der Waals surface area (Å²) in [7, 11) is 1.13. The second kappa shape index (κ2) is 6.00. The van der Waals surface area contributed by atoms with Crippen LogP contribution in [0.25, 0.3) is 0 Å². The Hall–Kier alpha value is -3.11. The van der Waals surface area contributed by atoms with Crippen LogP contribution in [0.2, 0.25) is 0 Å². The summed E-state index contributed by atoms with van der Waals surface area (Å²) in [5, 5.41) is 9.52. The number of ether oxygens (including phenoxy) is 1. The summed E-state index contributed by atoms with van der Waals surface area (Å²) >= 11 is 0. The number of likely N-dealkylation sites (tertiary alicyclic amines) is 1. The van der Waals surface area contributed by atoms with Crippen molar-refractivity contribution in [3.05, 3.63) is 11.3 Å². The van der Waals surface area contributed by atoms with Crippen LogP contribution < -0.4 is 5.73 Å². The van der Waals surface area contributed by atoms with Gasteiger partial charge in [0.2, 0.25) is 5.91 Å². The molecule has 140 valence electrons. The van der Waals surface area contributed by atoms with Crippen LogP contribution in [0.5, 0.6) is 0 Å². The van der Waals surface area contributed by atoms with Crippen molar-refractivity contribution in [2.45, 2.75) is 25.4 Å². The zero-order valence-corrected chi connectivity index (χ0v) is 14.2. The maximum Gasteiger partial charge on any atom is 0.418 e. The van der Waals surface area contributed by atoms with Gasteiger partial charge in [0.05, 0.1) is 6.04 Å². The topological polar surface area (TPSA) is 151 Å². The molecule has 1 unspecified atom stereocenters. The van der Waals surface area contributed by atoms with Gasteiger partial charge in [-0.15, -0.1) is 0 Å². The molecule has 2 saturated heterocycles. The lowest BCUT2D eigenvalue weighted by Crippen LogP contribution is -2.73. The van der Waals surface area contributed by atoms with Gasteiger partial charge < -0.3 is 20.5 Å². The van der Waals surface area contributed by atoms with Gasteiger partial charge in [0.25, 0.3) is 5.91 Å². The molecule has 11 heteroatoms. The molecule has 2 fully saturated rings. The molecule has 3 rings (SSSR count). The Morgan fingerprint density at radius 3 is 2.54 bits per heavy atom. The second-order valence-corrected chi connectivity index (χ2v) is 6.38. The third-order valence-electron chi connectivity index (χ3n) is 5.10. The van der Waals surface area contributed by atoms with E-state index in [0.29, 0.717) is 23.4 Å². The zero-order valence-electron chi connectivity index (χ0n) is 14.2. The van der Waals surface area contributed by atoms with E-state index >= 15 is 0 Å². The largest absolute Gasteiger partial charge is 0.477 e. The quantitative estimate of drug-likeness (QED) is 0.604. The monoisotopic (exact) mass is 366 g/mol. The highest BCUT2D eigenvalue weighted by atomic mass is 16.6. The Morgan fingerprint density at radius 2 is 2.00 bits per heavy atom. The summed E-state index contributed by atoms with van der Waals surface area (Å²) in [4.78, 5) is 61.7. The third kappa shape index (κ3) is 2.38. The average molecular weight is 366 g/mol. The molecule has 0 aromatic carbocycles. The molecule has 3 N–H and O–H groups in total. The first-order chi connectivity index (χ1) is 12.2. The van der Waals surface area contributed by atoms with Gasteiger partial charge in [0, 0.05) is 32.0 Å². The molecule has 0 aliphatic carbocycles. The summed E-state index contributed by atoms with van der Waals surface area (Å²) in [6, 6.07) is -2.17. The molecule has 3 heterocycles. The highest BCUT2D eigenvalue weighted by Crippen LogP contribution is 2.48. The van der Waals surface area contributed by atoms with Crippen molar-refractivity contribution in [1.82, 2.24) is 14.7 Å². The van der Waals surface area contributed by atoms with E-state index in [2.05, 4.69) is 0 Å². The van der Waals surface area contributed by atoms with E-state index in [1.54, 1.807) is 0 Å². The van der Waals surface area contributed by atoms with Crippen molar-refractivity contribution in [3.63, 3.8) is 0 Å². The number of urea groups is 1. The molecule has 0 bridgehead atoms. The van der Waals surface area contributed by atoms with E-state index in [0.717, 1.165) is 11.9 Å². The van der Waals surface area contributed by atoms with Crippen LogP contribution in [-0.4, -0.2) is 82.0 Å². The predicted octanol–water partition coefficient (Wildman–Crippen LogP) is -1.07. The van der Waals surface area contributed by atoms with Gasteiger partial charge in [-0.25, -0.2) is 19.3 Å². The standard InChI is InChI=1S/C15H18N4O7/c1-6(20)18-4-3-7-8(5-26-15(25)17(2)14(16)24)10(13(22)23)19-9(7)11(18)12(19)21/h7,9,11H,3-5H2,1-2H3,(H2,16,24)(H,22,23)/t7?,9-,11+/m1/s1. The van der Waals surface area contributed by atoms with E-state index in [-0.39, 0.29) is 24.1 Å². The van der Waals surface area contributed by atoms with Crippen LogP contribution in [0.4, 0.5) is 9.59 Å². The third-order valence-corrected chi connectivity index (χ3v) is 5.10. The Balaban J connectivity index is 1.85. The van der Waals surface area contributed by atoms with Crippen molar-refractivity contribution in [2.24, 2.45) is 11.7 Å². The van der Waals surface area contributed by atoms with E-state index < -0.39 is 36.1 Å². The highest BCUT2D eigenvalue weighted by Gasteiger charge is 2.64. The minimum atomic E-state index is -1.31. The zero-order chi connectivity index (χ0) is 19.3. The normalized spacial score (nSPS) is 26.2. The molecule has 3 aliphatic heterocycles. The molecule has 3 atom stereocenters.